The molecule has 1 atom stereocenters. The van der Waals surface area contributed by atoms with Crippen LogP contribution in [0.25, 0.3) is 0 Å². The number of carbonyl (C=O) groups excluding carboxylic acids is 3. The van der Waals surface area contributed by atoms with Gasteiger partial charge in [0, 0.05) is 18.0 Å². The average molecular weight is 372 g/mol. The molecule has 134 valence electrons. The Morgan fingerprint density at radius 2 is 1.77 bits per heavy atom. The number of rotatable bonds is 6. The molecule has 4 amide bonds. The molecule has 3 rings (SSSR count). The van der Waals surface area contributed by atoms with Crippen molar-refractivity contribution < 1.29 is 14.4 Å². The molecule has 2 aromatic carbocycles. The molecule has 26 heavy (non-hydrogen) atoms. The maximum atomic E-state index is 12.4. The number of nitrogens with zero attached hydrogens (tertiary/aromatic N) is 1. The standard InChI is InChI=1S/C19H18ClN3O3/c20-15-9-5-4-8-14(15)11-21-17(24)12-23-18(25)16(22-19(23)26)10-13-6-2-1-3-7-13/h1-9,16H,10-12H2,(H,21,24)(H,22,26). The maximum Gasteiger partial charge on any atom is 0.325 e. The molecule has 1 unspecified atom stereocenters. The molecule has 6 nitrogen and oxygen atoms in total. The van der Waals surface area contributed by atoms with Crippen molar-refractivity contribution in [3.63, 3.8) is 0 Å². The van der Waals surface area contributed by atoms with Crippen LogP contribution in [0.15, 0.2) is 54.6 Å². The van der Waals surface area contributed by atoms with Gasteiger partial charge in [-0.05, 0) is 17.2 Å². The fourth-order valence-corrected chi connectivity index (χ4v) is 2.95. The van der Waals surface area contributed by atoms with Crippen molar-refractivity contribution in [3.8, 4) is 0 Å². The lowest BCUT2D eigenvalue weighted by Gasteiger charge is -2.13. The van der Waals surface area contributed by atoms with Crippen LogP contribution < -0.4 is 10.6 Å². The summed E-state index contributed by atoms with van der Waals surface area (Å²) in [5.41, 5.74) is 1.71. The van der Waals surface area contributed by atoms with Crippen molar-refractivity contribution >= 4 is 29.4 Å². The Bertz CT molecular complexity index is 826. The van der Waals surface area contributed by atoms with E-state index in [2.05, 4.69) is 10.6 Å². The molecule has 0 bridgehead atoms. The lowest BCUT2D eigenvalue weighted by atomic mass is 10.1. The van der Waals surface area contributed by atoms with Crippen molar-refractivity contribution in [1.82, 2.24) is 15.5 Å². The Balaban J connectivity index is 1.55. The van der Waals surface area contributed by atoms with Gasteiger partial charge in [-0.15, -0.1) is 0 Å². The third-order valence-electron chi connectivity index (χ3n) is 4.13. The fraction of sp³-hybridized carbons (Fsp3) is 0.211. The van der Waals surface area contributed by atoms with Crippen molar-refractivity contribution in [1.29, 1.82) is 0 Å². The van der Waals surface area contributed by atoms with E-state index >= 15 is 0 Å². The number of hydrogen-bond acceptors (Lipinski definition) is 3. The maximum absolute atomic E-state index is 12.4. The molecule has 0 aromatic heterocycles. The first-order valence-electron chi connectivity index (χ1n) is 8.20. The van der Waals surface area contributed by atoms with Crippen molar-refractivity contribution in [2.45, 2.75) is 19.0 Å². The molecule has 0 radical (unpaired) electrons. The number of nitrogens with one attached hydrogen (secondary N) is 2. The average Bonchev–Trinajstić information content (AvgIpc) is 2.89. The molecule has 0 saturated carbocycles. The summed E-state index contributed by atoms with van der Waals surface area (Å²) in [7, 11) is 0. The third kappa shape index (κ3) is 4.21. The number of carbonyl (C=O) groups is 3. The summed E-state index contributed by atoms with van der Waals surface area (Å²) in [5, 5.41) is 5.85. The molecular formula is C19H18ClN3O3. The second-order valence-corrected chi connectivity index (χ2v) is 6.39. The number of halogens is 1. The van der Waals surface area contributed by atoms with E-state index in [0.717, 1.165) is 16.0 Å². The molecule has 0 aliphatic carbocycles. The lowest BCUT2D eigenvalue weighted by Crippen LogP contribution is -2.41. The third-order valence-corrected chi connectivity index (χ3v) is 4.49. The van der Waals surface area contributed by atoms with Crippen LogP contribution in [0.1, 0.15) is 11.1 Å². The van der Waals surface area contributed by atoms with Gasteiger partial charge in [0.2, 0.25) is 5.91 Å². The van der Waals surface area contributed by atoms with E-state index in [1.807, 2.05) is 36.4 Å². The number of urea groups is 1. The van der Waals surface area contributed by atoms with Crippen LogP contribution in [0.5, 0.6) is 0 Å². The summed E-state index contributed by atoms with van der Waals surface area (Å²) < 4.78 is 0. The largest absolute Gasteiger partial charge is 0.350 e. The highest BCUT2D eigenvalue weighted by molar-refractivity contribution is 6.31. The van der Waals surface area contributed by atoms with Gasteiger partial charge in [-0.1, -0.05) is 60.1 Å². The van der Waals surface area contributed by atoms with Crippen LogP contribution in [0.2, 0.25) is 5.02 Å². The smallest absolute Gasteiger partial charge is 0.325 e. The van der Waals surface area contributed by atoms with Crippen LogP contribution in [-0.2, 0) is 22.6 Å². The molecule has 2 N–H and O–H groups in total. The van der Waals surface area contributed by atoms with Crippen molar-refractivity contribution in [2.24, 2.45) is 0 Å². The van der Waals surface area contributed by atoms with E-state index in [9.17, 15) is 14.4 Å². The van der Waals surface area contributed by atoms with Crippen molar-refractivity contribution in [2.75, 3.05) is 6.54 Å². The fourth-order valence-electron chi connectivity index (χ4n) is 2.75. The van der Waals surface area contributed by atoms with E-state index in [4.69, 9.17) is 11.6 Å². The molecule has 1 aliphatic rings. The van der Waals surface area contributed by atoms with E-state index in [1.54, 1.807) is 18.2 Å². The zero-order valence-corrected chi connectivity index (χ0v) is 14.7. The minimum atomic E-state index is -0.652. The molecular weight excluding hydrogens is 354 g/mol. The highest BCUT2D eigenvalue weighted by atomic mass is 35.5. The summed E-state index contributed by atoms with van der Waals surface area (Å²) in [6, 6.07) is 15.3. The van der Waals surface area contributed by atoms with Gasteiger partial charge in [0.25, 0.3) is 5.91 Å². The summed E-state index contributed by atoms with van der Waals surface area (Å²) in [4.78, 5) is 37.5. The Morgan fingerprint density at radius 3 is 2.50 bits per heavy atom. The van der Waals surface area contributed by atoms with E-state index in [-0.39, 0.29) is 13.1 Å². The predicted octanol–water partition coefficient (Wildman–Crippen LogP) is 2.12. The van der Waals surface area contributed by atoms with Crippen molar-refractivity contribution in [3.05, 3.63) is 70.7 Å². The van der Waals surface area contributed by atoms with E-state index < -0.39 is 23.9 Å². The second-order valence-electron chi connectivity index (χ2n) is 5.98. The number of imide groups is 1. The van der Waals surface area contributed by atoms with E-state index in [1.165, 1.54) is 0 Å². The number of amides is 4. The monoisotopic (exact) mass is 371 g/mol. The first kappa shape index (κ1) is 17.9. The minimum absolute atomic E-state index is 0.232. The topological polar surface area (TPSA) is 78.5 Å². The van der Waals surface area contributed by atoms with Crippen LogP contribution >= 0.6 is 11.6 Å². The Morgan fingerprint density at radius 1 is 1.08 bits per heavy atom. The summed E-state index contributed by atoms with van der Waals surface area (Å²) in [6.45, 7) is -0.0873. The second kappa shape index (κ2) is 8.01. The van der Waals surface area contributed by atoms with Crippen LogP contribution in [0.4, 0.5) is 4.79 Å². The first-order chi connectivity index (χ1) is 12.5. The van der Waals surface area contributed by atoms with Crippen LogP contribution in [0.3, 0.4) is 0 Å². The van der Waals surface area contributed by atoms with Gasteiger partial charge < -0.3 is 10.6 Å². The quantitative estimate of drug-likeness (QED) is 0.763. The minimum Gasteiger partial charge on any atom is -0.350 e. The van der Waals surface area contributed by atoms with Gasteiger partial charge in [0.15, 0.2) is 0 Å². The van der Waals surface area contributed by atoms with Gasteiger partial charge in [-0.3, -0.25) is 14.5 Å². The summed E-state index contributed by atoms with van der Waals surface area (Å²) in [6.07, 6.45) is 0.392. The summed E-state index contributed by atoms with van der Waals surface area (Å²) >= 11 is 6.04. The predicted molar refractivity (Wildman–Crippen MR) is 97.5 cm³/mol. The normalized spacial score (nSPS) is 16.5. The Hall–Kier alpha value is -2.86. The van der Waals surface area contributed by atoms with E-state index in [0.29, 0.717) is 11.4 Å². The Labute approximate surface area is 156 Å². The molecule has 1 heterocycles. The van der Waals surface area contributed by atoms with Gasteiger partial charge in [-0.25, -0.2) is 4.79 Å². The Kier molecular flexibility index (Phi) is 5.53. The number of hydrogen-bond donors (Lipinski definition) is 2. The molecule has 2 aromatic rings. The zero-order chi connectivity index (χ0) is 18.5. The molecule has 7 heteroatoms. The summed E-state index contributed by atoms with van der Waals surface area (Å²) in [5.74, 6) is -0.819. The van der Waals surface area contributed by atoms with Gasteiger partial charge in [-0.2, -0.15) is 0 Å². The molecule has 1 saturated heterocycles. The number of benzene rings is 2. The van der Waals surface area contributed by atoms with Gasteiger partial charge in [0.05, 0.1) is 0 Å². The van der Waals surface area contributed by atoms with Crippen LogP contribution in [0, 0.1) is 0 Å². The lowest BCUT2D eigenvalue weighted by molar-refractivity contribution is -0.132. The molecule has 1 aliphatic heterocycles. The molecule has 1 fully saturated rings. The van der Waals surface area contributed by atoms with Gasteiger partial charge >= 0.3 is 6.03 Å². The zero-order valence-electron chi connectivity index (χ0n) is 13.9. The van der Waals surface area contributed by atoms with Crippen LogP contribution in [-0.4, -0.2) is 35.3 Å². The highest BCUT2D eigenvalue weighted by Crippen LogP contribution is 2.15. The first-order valence-corrected chi connectivity index (χ1v) is 8.58. The SMILES string of the molecule is O=C(CN1C(=O)NC(Cc2ccccc2)C1=O)NCc1ccccc1Cl. The highest BCUT2D eigenvalue weighted by Gasteiger charge is 2.38. The molecule has 0 spiro atoms. The van der Waals surface area contributed by atoms with Gasteiger partial charge in [0.1, 0.15) is 12.6 Å².